The Hall–Kier alpha value is -3.94. The van der Waals surface area contributed by atoms with Crippen LogP contribution in [0.1, 0.15) is 5.56 Å². The van der Waals surface area contributed by atoms with Gasteiger partial charge in [0.2, 0.25) is 11.8 Å². The summed E-state index contributed by atoms with van der Waals surface area (Å²) in [6.45, 7) is 0.712. The molecule has 30 heavy (non-hydrogen) atoms. The average molecular weight is 406 g/mol. The van der Waals surface area contributed by atoms with E-state index >= 15 is 0 Å². The zero-order valence-corrected chi connectivity index (χ0v) is 16.3. The molecule has 3 rings (SSSR count). The molecule has 154 valence electrons. The van der Waals surface area contributed by atoms with E-state index in [1.807, 2.05) is 42.5 Å². The molecule has 0 fully saturated rings. The van der Waals surface area contributed by atoms with Gasteiger partial charge in [-0.25, -0.2) is 0 Å². The van der Waals surface area contributed by atoms with Crippen molar-refractivity contribution in [2.45, 2.75) is 6.42 Å². The standard InChI is InChI=1S/C22H22N4O4/c27-21(14-17-6-3-5-16-4-1-2-7-20(16)17)25-15-22(28)24-13-12-23-18-8-10-19(11-9-18)26(29)30/h1-11,23H,12-15H2,(H,24,28)(H,25,27). The van der Waals surface area contributed by atoms with Gasteiger partial charge in [0, 0.05) is 30.9 Å². The second-order valence-corrected chi connectivity index (χ2v) is 6.67. The summed E-state index contributed by atoms with van der Waals surface area (Å²) in [5.41, 5.74) is 1.66. The van der Waals surface area contributed by atoms with E-state index in [1.165, 1.54) is 12.1 Å². The Bertz CT molecular complexity index is 1050. The van der Waals surface area contributed by atoms with Gasteiger partial charge >= 0.3 is 0 Å². The van der Waals surface area contributed by atoms with Crippen LogP contribution in [-0.4, -0.2) is 36.4 Å². The topological polar surface area (TPSA) is 113 Å². The number of hydrogen-bond donors (Lipinski definition) is 3. The van der Waals surface area contributed by atoms with Crippen LogP contribution < -0.4 is 16.0 Å². The summed E-state index contributed by atoms with van der Waals surface area (Å²) in [4.78, 5) is 34.3. The van der Waals surface area contributed by atoms with Gasteiger partial charge < -0.3 is 16.0 Å². The van der Waals surface area contributed by atoms with Crippen molar-refractivity contribution in [1.29, 1.82) is 0 Å². The molecule has 0 aliphatic heterocycles. The van der Waals surface area contributed by atoms with Crippen LogP contribution in [0.15, 0.2) is 66.7 Å². The normalized spacial score (nSPS) is 10.4. The number of carbonyl (C=O) groups is 2. The van der Waals surface area contributed by atoms with Gasteiger partial charge in [0.25, 0.3) is 5.69 Å². The third-order valence-corrected chi connectivity index (χ3v) is 4.53. The fourth-order valence-electron chi connectivity index (χ4n) is 3.03. The van der Waals surface area contributed by atoms with E-state index in [9.17, 15) is 19.7 Å². The number of nitro benzene ring substituents is 1. The van der Waals surface area contributed by atoms with Gasteiger partial charge in [-0.15, -0.1) is 0 Å². The fourth-order valence-corrected chi connectivity index (χ4v) is 3.03. The maximum Gasteiger partial charge on any atom is 0.269 e. The van der Waals surface area contributed by atoms with Crippen molar-refractivity contribution < 1.29 is 14.5 Å². The molecule has 0 spiro atoms. The summed E-state index contributed by atoms with van der Waals surface area (Å²) in [5, 5.41) is 21.1. The molecule has 2 amide bonds. The summed E-state index contributed by atoms with van der Waals surface area (Å²) in [7, 11) is 0. The molecule has 0 bridgehead atoms. The molecular formula is C22H22N4O4. The zero-order chi connectivity index (χ0) is 21.3. The average Bonchev–Trinajstić information content (AvgIpc) is 2.76. The van der Waals surface area contributed by atoms with Gasteiger partial charge in [-0.2, -0.15) is 0 Å². The van der Waals surface area contributed by atoms with E-state index in [1.54, 1.807) is 12.1 Å². The number of anilines is 1. The molecule has 0 atom stereocenters. The van der Waals surface area contributed by atoms with E-state index in [-0.39, 0.29) is 30.5 Å². The van der Waals surface area contributed by atoms with E-state index < -0.39 is 4.92 Å². The Morgan fingerprint density at radius 2 is 1.57 bits per heavy atom. The highest BCUT2D eigenvalue weighted by Crippen LogP contribution is 2.18. The zero-order valence-electron chi connectivity index (χ0n) is 16.3. The molecule has 3 N–H and O–H groups in total. The number of rotatable bonds is 9. The van der Waals surface area contributed by atoms with Crippen molar-refractivity contribution in [2.75, 3.05) is 25.0 Å². The second kappa shape index (κ2) is 10.0. The predicted molar refractivity (Wildman–Crippen MR) is 115 cm³/mol. The van der Waals surface area contributed by atoms with E-state index in [0.717, 1.165) is 22.0 Å². The minimum absolute atomic E-state index is 0.0214. The molecule has 8 nitrogen and oxygen atoms in total. The number of carbonyl (C=O) groups excluding carboxylic acids is 2. The van der Waals surface area contributed by atoms with Gasteiger partial charge in [0.15, 0.2) is 0 Å². The van der Waals surface area contributed by atoms with Crippen molar-refractivity contribution in [2.24, 2.45) is 0 Å². The summed E-state index contributed by atoms with van der Waals surface area (Å²) in [6.07, 6.45) is 0.205. The number of non-ortho nitro benzene ring substituents is 1. The van der Waals surface area contributed by atoms with Gasteiger partial charge in [0.05, 0.1) is 17.9 Å². The van der Waals surface area contributed by atoms with E-state index in [4.69, 9.17) is 0 Å². The van der Waals surface area contributed by atoms with Gasteiger partial charge in [-0.1, -0.05) is 42.5 Å². The number of hydrogen-bond acceptors (Lipinski definition) is 5. The smallest absolute Gasteiger partial charge is 0.269 e. The largest absolute Gasteiger partial charge is 0.383 e. The Morgan fingerprint density at radius 1 is 0.833 bits per heavy atom. The van der Waals surface area contributed by atoms with Crippen LogP contribution in [0, 0.1) is 10.1 Å². The second-order valence-electron chi connectivity index (χ2n) is 6.67. The van der Waals surface area contributed by atoms with Crippen LogP contribution in [-0.2, 0) is 16.0 Å². The monoisotopic (exact) mass is 406 g/mol. The highest BCUT2D eigenvalue weighted by molar-refractivity contribution is 5.91. The maximum absolute atomic E-state index is 12.2. The van der Waals surface area contributed by atoms with E-state index in [0.29, 0.717) is 13.1 Å². The molecule has 3 aromatic rings. The van der Waals surface area contributed by atoms with Crippen molar-refractivity contribution in [3.63, 3.8) is 0 Å². The molecule has 0 aliphatic carbocycles. The lowest BCUT2D eigenvalue weighted by Crippen LogP contribution is -2.39. The molecule has 0 aliphatic rings. The predicted octanol–water partition coefficient (Wildman–Crippen LogP) is 2.63. The number of benzene rings is 3. The first-order valence-corrected chi connectivity index (χ1v) is 9.51. The number of nitro groups is 1. The van der Waals surface area contributed by atoms with Gasteiger partial charge in [0.1, 0.15) is 0 Å². The van der Waals surface area contributed by atoms with Crippen LogP contribution in [0.4, 0.5) is 11.4 Å². The molecule has 3 aromatic carbocycles. The maximum atomic E-state index is 12.2. The molecule has 0 heterocycles. The first kappa shape index (κ1) is 20.8. The summed E-state index contributed by atoms with van der Waals surface area (Å²) in [5.74, 6) is -0.503. The minimum atomic E-state index is -0.460. The number of fused-ring (bicyclic) bond motifs is 1. The molecule has 0 radical (unpaired) electrons. The quantitative estimate of drug-likeness (QED) is 0.287. The van der Waals surface area contributed by atoms with Crippen LogP contribution in [0.3, 0.4) is 0 Å². The van der Waals surface area contributed by atoms with Crippen molar-refractivity contribution >= 4 is 34.0 Å². The van der Waals surface area contributed by atoms with Crippen LogP contribution in [0.25, 0.3) is 10.8 Å². The molecule has 0 saturated carbocycles. The van der Waals surface area contributed by atoms with Gasteiger partial charge in [-0.05, 0) is 28.5 Å². The highest BCUT2D eigenvalue weighted by atomic mass is 16.6. The van der Waals surface area contributed by atoms with Crippen LogP contribution in [0.5, 0.6) is 0 Å². The van der Waals surface area contributed by atoms with Crippen LogP contribution in [0.2, 0.25) is 0 Å². The molecule has 0 saturated heterocycles. The Kier molecular flexibility index (Phi) is 6.94. The Labute approximate surface area is 173 Å². The summed E-state index contributed by atoms with van der Waals surface area (Å²) in [6, 6.07) is 19.7. The number of nitrogens with zero attached hydrogens (tertiary/aromatic N) is 1. The van der Waals surface area contributed by atoms with Gasteiger partial charge in [-0.3, -0.25) is 19.7 Å². The Balaban J connectivity index is 1.37. The Morgan fingerprint density at radius 3 is 2.33 bits per heavy atom. The van der Waals surface area contributed by atoms with Crippen molar-refractivity contribution in [3.05, 3.63) is 82.4 Å². The summed E-state index contributed by atoms with van der Waals surface area (Å²) >= 11 is 0. The van der Waals surface area contributed by atoms with E-state index in [2.05, 4.69) is 16.0 Å². The molecular weight excluding hydrogens is 384 g/mol. The number of nitrogens with one attached hydrogen (secondary N) is 3. The molecule has 0 aromatic heterocycles. The molecule has 8 heteroatoms. The minimum Gasteiger partial charge on any atom is -0.383 e. The lowest BCUT2D eigenvalue weighted by Gasteiger charge is -2.10. The SMILES string of the molecule is O=C(CNC(=O)Cc1cccc2ccccc12)NCCNc1ccc([N+](=O)[O-])cc1. The third kappa shape index (κ3) is 5.78. The fraction of sp³-hybridized carbons (Fsp3) is 0.182. The molecule has 0 unspecified atom stereocenters. The third-order valence-electron chi connectivity index (χ3n) is 4.53. The number of amides is 2. The van der Waals surface area contributed by atoms with Crippen molar-refractivity contribution in [1.82, 2.24) is 10.6 Å². The lowest BCUT2D eigenvalue weighted by molar-refractivity contribution is -0.384. The first-order chi connectivity index (χ1) is 14.5. The highest BCUT2D eigenvalue weighted by Gasteiger charge is 2.09. The lowest BCUT2D eigenvalue weighted by atomic mass is 10.0. The first-order valence-electron chi connectivity index (χ1n) is 9.51. The van der Waals surface area contributed by atoms with Crippen LogP contribution >= 0.6 is 0 Å². The van der Waals surface area contributed by atoms with Crippen molar-refractivity contribution in [3.8, 4) is 0 Å². The summed E-state index contributed by atoms with van der Waals surface area (Å²) < 4.78 is 0.